The zero-order chi connectivity index (χ0) is 85.5. The monoisotopic (exact) mass is 1660 g/mol. The average molecular weight is 1660 g/mol. The van der Waals surface area contributed by atoms with Gasteiger partial charge in [0.05, 0.1) is 72.7 Å². The van der Waals surface area contributed by atoms with Gasteiger partial charge in [-0.2, -0.15) is 19.9 Å². The molecule has 0 saturated carbocycles. The van der Waals surface area contributed by atoms with E-state index in [1.165, 1.54) is 26.4 Å². The Morgan fingerprint density at radius 2 is 0.777 bits per heavy atom. The number of nitrogens with two attached hydrogens (primary N) is 4. The van der Waals surface area contributed by atoms with Crippen molar-refractivity contribution < 1.29 is 75.4 Å². The van der Waals surface area contributed by atoms with Gasteiger partial charge in [-0.05, 0) is 126 Å². The summed E-state index contributed by atoms with van der Waals surface area (Å²) in [6, 6.07) is 0. The van der Waals surface area contributed by atoms with Crippen molar-refractivity contribution >= 4 is 80.0 Å². The Morgan fingerprint density at radius 3 is 1.07 bits per heavy atom. The largest absolute Gasteiger partial charge is 0.473 e. The van der Waals surface area contributed by atoms with Gasteiger partial charge in [-0.3, -0.25) is 51.4 Å². The van der Waals surface area contributed by atoms with Crippen LogP contribution in [0.5, 0.6) is 0 Å². The first kappa shape index (κ1) is 96.8. The van der Waals surface area contributed by atoms with Gasteiger partial charge in [0.1, 0.15) is 36.5 Å². The lowest BCUT2D eigenvalue weighted by Gasteiger charge is -2.31. The van der Waals surface area contributed by atoms with Crippen molar-refractivity contribution in [3.8, 4) is 0 Å². The Hall–Kier alpha value is -5.79. The molecule has 0 amide bonds. The van der Waals surface area contributed by atoms with Gasteiger partial charge >= 0.3 is 33.7 Å². The predicted molar refractivity (Wildman–Crippen MR) is 433 cm³/mol. The minimum atomic E-state index is -4.68. The second-order valence-corrected chi connectivity index (χ2v) is 42.0. The van der Waals surface area contributed by atoms with Crippen LogP contribution in [0.4, 0.5) is 23.5 Å². The van der Waals surface area contributed by atoms with Crippen molar-refractivity contribution in [3.05, 3.63) is 77.9 Å². The van der Waals surface area contributed by atoms with Gasteiger partial charge in [-0.25, -0.2) is 28.7 Å². The number of phosphoric ester groups is 2. The molecule has 0 bridgehead atoms. The van der Waals surface area contributed by atoms with E-state index in [-0.39, 0.29) is 104 Å². The van der Waals surface area contributed by atoms with Crippen LogP contribution >= 0.6 is 22.4 Å². The number of nitrogens with zero attached hydrogens (tertiary/aromatic N) is 10. The van der Waals surface area contributed by atoms with Crippen LogP contribution in [-0.4, -0.2) is 143 Å². The molecular formula is C72H127N16O20P3S. The maximum Gasteiger partial charge on any atom is 0.473 e. The van der Waals surface area contributed by atoms with Crippen LogP contribution in [0.1, 0.15) is 254 Å². The molecule has 636 valence electrons. The van der Waals surface area contributed by atoms with Gasteiger partial charge in [-0.1, -0.05) is 125 Å². The third-order valence-corrected chi connectivity index (χ3v) is 18.8. The van der Waals surface area contributed by atoms with Crippen molar-refractivity contribution in [1.29, 1.82) is 0 Å². The van der Waals surface area contributed by atoms with E-state index >= 15 is 0 Å². The topological polar surface area (TPSA) is 519 Å². The van der Waals surface area contributed by atoms with Crippen molar-refractivity contribution in [3.63, 3.8) is 0 Å². The number of aromatic nitrogens is 12. The van der Waals surface area contributed by atoms with Gasteiger partial charge in [0.25, 0.3) is 11.1 Å². The number of hydrogen-bond acceptors (Lipinski definition) is 26. The number of hydrogen-bond donors (Lipinski definition) is 11. The van der Waals surface area contributed by atoms with Crippen LogP contribution in [0.2, 0.25) is 0 Å². The molecule has 0 spiro atoms. The van der Waals surface area contributed by atoms with Gasteiger partial charge in [0.2, 0.25) is 11.9 Å². The molecule has 10 rings (SSSR count). The molecule has 0 aliphatic carbocycles. The smallest absolute Gasteiger partial charge is 0.383 e. The van der Waals surface area contributed by atoms with Gasteiger partial charge in [-0.15, -0.1) is 0 Å². The standard InChI is InChI=1S/C18H32N3O6P.C18H31N3O3.C14H22N5O6P.C14H22N5O5PS.2C4H10/c1-11-10-21(16(22)20-15(11)19)14-8-12(13(25-14)9-17(2,3)4)26-28(23,24)27-18(5,6)7;1-11-10-21(16(22)20-15(11)19)14-8-12(24-18(5,6)7)13(23-14)9-17(2,3)4;1-14(2,3)5-8-7(25-26(21,22)23)4-9(24-8)19-6-16-10-11(19)17-13(15)18-12(10)20;1-14(2,3)5-8-7(24-25(21,22)26)4-9(23-8)19-6-16-10-11(19)17-13(15)18-12(10)20;2*1-4(2)3/h10,12-14H,8-9H2,1-7H3,(H,23,24)(H2,19,20,22);10,12-14H,8-9H2,1-7H3,(H2,19,20,22);6-9H,4-5H2,1-3H3,(H2,21,22,23)(H3,15,17,18,20);6-9H,4-5H2,1-3H3,(H2,21,22,26)(H3,15,17,18,20);2*4H,1-3H3/t2*12?,13-,14-;2*7?,8-,9-;;/m1111../s1. The van der Waals surface area contributed by atoms with Gasteiger partial charge < -0.3 is 75.6 Å². The Bertz CT molecular complexity index is 4310. The molecule has 5 unspecified atom stereocenters. The molecule has 6 aromatic rings. The molecule has 4 saturated heterocycles. The van der Waals surface area contributed by atoms with Crippen molar-refractivity contribution in [2.24, 2.45) is 33.5 Å². The summed E-state index contributed by atoms with van der Waals surface area (Å²) in [6.07, 6.45) is 4.13. The Morgan fingerprint density at radius 1 is 0.482 bits per heavy atom. The molecule has 40 heteroatoms. The van der Waals surface area contributed by atoms with E-state index < -0.39 is 100 Å². The second kappa shape index (κ2) is 38.1. The summed E-state index contributed by atoms with van der Waals surface area (Å²) in [4.78, 5) is 125. The van der Waals surface area contributed by atoms with E-state index in [0.717, 1.165) is 23.8 Å². The quantitative estimate of drug-likeness (QED) is 0.0401. The number of fused-ring (bicyclic) bond motifs is 2. The molecule has 4 aliphatic heterocycles. The number of imidazole rings is 2. The number of ether oxygens (including phenoxy) is 5. The summed E-state index contributed by atoms with van der Waals surface area (Å²) < 4.78 is 81.3. The van der Waals surface area contributed by atoms with E-state index in [4.69, 9.17) is 64.7 Å². The molecule has 13 atom stereocenters. The maximum absolute atomic E-state index is 12.5. The molecule has 112 heavy (non-hydrogen) atoms. The minimum Gasteiger partial charge on any atom is -0.383 e. The normalized spacial score (nSPS) is 23.8. The SMILES string of the molecule is CC(C)(C)C[C@H]1O[C@@H](n2cnc3c(=O)[nH]c(N)nc32)CC1OP(=O)(O)O.CC(C)(C)C[C@H]1O[C@@H](n2cnc3c(=O)[nH]c(N)nc32)CC1OP(O)(O)=S.CC(C)C.CC(C)C.Cc1cn([C@H]2CC(OC(C)(C)C)[C@@H](CC(C)(C)C)O2)c(=O)nc1N.Cc1cn([C@H]2CC(OP(=O)(O)OC(C)(C)C)[C@@H](CC(C)(C)C)O2)c(=O)nc1N. The number of nitrogens with one attached hydrogen (secondary N) is 2. The van der Waals surface area contributed by atoms with Crippen LogP contribution < -0.4 is 45.4 Å². The van der Waals surface area contributed by atoms with Crippen molar-refractivity contribution in [2.45, 2.75) is 316 Å². The zero-order valence-corrected chi connectivity index (χ0v) is 73.4. The highest BCUT2D eigenvalue weighted by molar-refractivity contribution is 8.06. The van der Waals surface area contributed by atoms with E-state index in [2.05, 4.69) is 114 Å². The van der Waals surface area contributed by atoms with E-state index in [9.17, 15) is 52.8 Å². The van der Waals surface area contributed by atoms with Crippen molar-refractivity contribution in [2.75, 3.05) is 22.9 Å². The number of H-pyrrole nitrogens is 2. The second-order valence-electron chi connectivity index (χ2n) is 36.9. The van der Waals surface area contributed by atoms with E-state index in [1.807, 2.05) is 90.0 Å². The molecule has 6 aromatic heterocycles. The first-order valence-corrected chi connectivity index (χ1v) is 43.0. The molecule has 15 N–H and O–H groups in total. The fraction of sp³-hybridized carbons (Fsp3) is 0.750. The molecule has 0 aromatic carbocycles. The number of phosphoric acid groups is 2. The predicted octanol–water partition coefficient (Wildman–Crippen LogP) is 11.4. The fourth-order valence-corrected chi connectivity index (χ4v) is 15.1. The number of nitrogen functional groups attached to an aromatic ring is 4. The summed E-state index contributed by atoms with van der Waals surface area (Å²) in [5, 5.41) is 0. The lowest BCUT2D eigenvalue weighted by molar-refractivity contribution is -0.102. The van der Waals surface area contributed by atoms with E-state index in [1.54, 1.807) is 44.7 Å². The number of anilines is 4. The Balaban J connectivity index is 0.000000258. The third-order valence-electron chi connectivity index (χ3n) is 16.2. The van der Waals surface area contributed by atoms with Crippen LogP contribution in [-0.2, 0) is 62.7 Å². The Labute approximate surface area is 661 Å². The number of aryl methyl sites for hydroxylation is 2. The molecular weight excluding hydrogens is 1530 g/mol. The van der Waals surface area contributed by atoms with Crippen LogP contribution in [0.15, 0.2) is 44.2 Å². The molecule has 4 aliphatic rings. The summed E-state index contributed by atoms with van der Waals surface area (Å²) in [5.41, 5.74) is 21.6. The molecule has 10 heterocycles. The minimum absolute atomic E-state index is 0.0255. The first-order valence-electron chi connectivity index (χ1n) is 37.4. The first-order chi connectivity index (χ1) is 50.7. The van der Waals surface area contributed by atoms with E-state index in [0.29, 0.717) is 43.3 Å². The van der Waals surface area contributed by atoms with Gasteiger partial charge in [0, 0.05) is 49.2 Å². The lowest BCUT2D eigenvalue weighted by Crippen LogP contribution is -2.35. The van der Waals surface area contributed by atoms with Crippen LogP contribution in [0.3, 0.4) is 0 Å². The molecule has 4 fully saturated rings. The summed E-state index contributed by atoms with van der Waals surface area (Å²) in [6.45, 7) is 48.6. The Kier molecular flexibility index (Phi) is 32.9. The lowest BCUT2D eigenvalue weighted by atomic mass is 9.87. The highest BCUT2D eigenvalue weighted by atomic mass is 32.5. The average Bonchev–Trinajstić information content (AvgIpc) is 1.62. The van der Waals surface area contributed by atoms with Gasteiger partial charge in [0.15, 0.2) is 22.3 Å². The molecule has 36 nitrogen and oxygen atoms in total. The number of rotatable bonds is 16. The highest BCUT2D eigenvalue weighted by Crippen LogP contribution is 2.53. The summed E-state index contributed by atoms with van der Waals surface area (Å²) in [5.74, 6) is 2.01. The van der Waals surface area contributed by atoms with Crippen molar-refractivity contribution in [1.82, 2.24) is 58.1 Å². The summed E-state index contributed by atoms with van der Waals surface area (Å²) >= 11 is 4.62. The maximum atomic E-state index is 12.5. The molecule has 0 radical (unpaired) electrons. The number of aromatic amines is 2. The summed E-state index contributed by atoms with van der Waals surface area (Å²) in [7, 11) is -9.00. The van der Waals surface area contributed by atoms with Crippen LogP contribution in [0, 0.1) is 47.3 Å². The highest BCUT2D eigenvalue weighted by Gasteiger charge is 2.47. The zero-order valence-electron chi connectivity index (χ0n) is 69.9. The van der Waals surface area contributed by atoms with Crippen LogP contribution in [0.25, 0.3) is 22.3 Å². The fourth-order valence-electron chi connectivity index (χ4n) is 12.3. The third kappa shape index (κ3) is 32.0.